The van der Waals surface area contributed by atoms with Crippen LogP contribution in [0, 0.1) is 0 Å². The molecule has 0 saturated carbocycles. The number of halogens is 3. The lowest BCUT2D eigenvalue weighted by molar-refractivity contribution is 0.185. The molecule has 0 aliphatic carbocycles. The second-order valence-corrected chi connectivity index (χ2v) is 6.43. The van der Waals surface area contributed by atoms with Crippen LogP contribution in [0.15, 0.2) is 45.3 Å². The van der Waals surface area contributed by atoms with Crippen LogP contribution in [0.5, 0.6) is 0 Å². The molecular weight excluding hydrogens is 405 g/mol. The molecule has 106 valence electrons. The Morgan fingerprint density at radius 2 is 1.95 bits per heavy atom. The third-order valence-electron chi connectivity index (χ3n) is 2.88. The molecule has 0 unspecified atom stereocenters. The van der Waals surface area contributed by atoms with Crippen LogP contribution in [-0.2, 0) is 17.9 Å². The Morgan fingerprint density at radius 3 is 2.70 bits per heavy atom. The van der Waals surface area contributed by atoms with E-state index in [0.717, 1.165) is 30.8 Å². The predicted octanol–water partition coefficient (Wildman–Crippen LogP) is 5.62. The van der Waals surface area contributed by atoms with Gasteiger partial charge in [-0.1, -0.05) is 49.5 Å². The maximum absolute atomic E-state index is 6.03. The predicted molar refractivity (Wildman–Crippen MR) is 91.3 cm³/mol. The first-order valence-electron chi connectivity index (χ1n) is 6.06. The molecule has 2 aromatic carbocycles. The van der Waals surface area contributed by atoms with Crippen LogP contribution in [0.2, 0.25) is 5.02 Å². The van der Waals surface area contributed by atoms with E-state index < -0.39 is 0 Å². The van der Waals surface area contributed by atoms with E-state index in [1.54, 1.807) is 7.11 Å². The van der Waals surface area contributed by atoms with Crippen molar-refractivity contribution in [3.63, 3.8) is 0 Å². The molecule has 0 fully saturated rings. The van der Waals surface area contributed by atoms with Crippen molar-refractivity contribution in [1.82, 2.24) is 0 Å². The minimum Gasteiger partial charge on any atom is -0.381 e. The molecule has 20 heavy (non-hydrogen) atoms. The van der Waals surface area contributed by atoms with Crippen LogP contribution >= 0.6 is 43.5 Å². The molecule has 0 spiro atoms. The van der Waals surface area contributed by atoms with Gasteiger partial charge in [-0.05, 0) is 35.9 Å². The Morgan fingerprint density at radius 1 is 1.15 bits per heavy atom. The zero-order valence-corrected chi connectivity index (χ0v) is 14.8. The van der Waals surface area contributed by atoms with Crippen molar-refractivity contribution in [2.24, 2.45) is 0 Å². The van der Waals surface area contributed by atoms with Crippen LogP contribution in [0.3, 0.4) is 0 Å². The lowest BCUT2D eigenvalue weighted by Crippen LogP contribution is -2.04. The van der Waals surface area contributed by atoms with Gasteiger partial charge in [-0.3, -0.25) is 0 Å². The van der Waals surface area contributed by atoms with Crippen LogP contribution in [-0.4, -0.2) is 7.11 Å². The highest BCUT2D eigenvalue weighted by Crippen LogP contribution is 2.27. The maximum atomic E-state index is 6.03. The fourth-order valence-corrected chi connectivity index (χ4v) is 2.95. The SMILES string of the molecule is COCc1c(Br)cccc1NCc1cc(Cl)ccc1Br. The molecule has 0 radical (unpaired) electrons. The number of nitrogens with one attached hydrogen (secondary N) is 1. The van der Waals surface area contributed by atoms with Crippen LogP contribution in [0.4, 0.5) is 5.69 Å². The first-order chi connectivity index (χ1) is 9.61. The van der Waals surface area contributed by atoms with Gasteiger partial charge in [-0.15, -0.1) is 0 Å². The summed E-state index contributed by atoms with van der Waals surface area (Å²) in [7, 11) is 1.69. The van der Waals surface area contributed by atoms with Gasteiger partial charge in [0.05, 0.1) is 6.61 Å². The number of ether oxygens (including phenoxy) is 1. The normalized spacial score (nSPS) is 10.6. The second-order valence-electron chi connectivity index (χ2n) is 4.29. The number of hydrogen-bond acceptors (Lipinski definition) is 2. The molecule has 0 bridgehead atoms. The quantitative estimate of drug-likeness (QED) is 0.679. The van der Waals surface area contributed by atoms with Gasteiger partial charge >= 0.3 is 0 Å². The summed E-state index contributed by atoms with van der Waals surface area (Å²) >= 11 is 13.1. The van der Waals surface area contributed by atoms with Gasteiger partial charge < -0.3 is 10.1 Å². The monoisotopic (exact) mass is 417 g/mol. The highest BCUT2D eigenvalue weighted by molar-refractivity contribution is 9.10. The molecule has 2 nitrogen and oxygen atoms in total. The zero-order valence-electron chi connectivity index (χ0n) is 10.9. The van der Waals surface area contributed by atoms with E-state index >= 15 is 0 Å². The van der Waals surface area contributed by atoms with E-state index in [0.29, 0.717) is 13.2 Å². The first-order valence-corrected chi connectivity index (χ1v) is 8.02. The highest BCUT2D eigenvalue weighted by atomic mass is 79.9. The van der Waals surface area contributed by atoms with Gasteiger partial charge in [0, 0.05) is 38.9 Å². The molecule has 0 aromatic heterocycles. The summed E-state index contributed by atoms with van der Waals surface area (Å²) in [4.78, 5) is 0. The van der Waals surface area contributed by atoms with Crippen molar-refractivity contribution in [2.45, 2.75) is 13.2 Å². The third-order valence-corrected chi connectivity index (χ3v) is 4.64. The Bertz CT molecular complexity index is 604. The van der Waals surface area contributed by atoms with E-state index in [1.807, 2.05) is 36.4 Å². The Kier molecular flexibility index (Phi) is 5.90. The summed E-state index contributed by atoms with van der Waals surface area (Å²) < 4.78 is 7.32. The van der Waals surface area contributed by atoms with Crippen molar-refractivity contribution < 1.29 is 4.74 Å². The molecule has 0 amide bonds. The average molecular weight is 420 g/mol. The minimum atomic E-state index is 0.556. The third kappa shape index (κ3) is 3.98. The number of rotatable bonds is 5. The number of methoxy groups -OCH3 is 1. The lowest BCUT2D eigenvalue weighted by Gasteiger charge is -2.14. The maximum Gasteiger partial charge on any atom is 0.0744 e. The van der Waals surface area contributed by atoms with Crippen molar-refractivity contribution in [3.05, 3.63) is 61.5 Å². The Balaban J connectivity index is 2.18. The topological polar surface area (TPSA) is 21.3 Å². The Hall–Kier alpha value is -0.550. The molecule has 0 aliphatic rings. The van der Waals surface area contributed by atoms with E-state index in [1.165, 1.54) is 0 Å². The summed E-state index contributed by atoms with van der Waals surface area (Å²) in [6.07, 6.45) is 0. The van der Waals surface area contributed by atoms with Gasteiger partial charge in [0.25, 0.3) is 0 Å². The van der Waals surface area contributed by atoms with E-state index in [-0.39, 0.29) is 0 Å². The van der Waals surface area contributed by atoms with Gasteiger partial charge in [0.15, 0.2) is 0 Å². The summed E-state index contributed by atoms with van der Waals surface area (Å²) in [6, 6.07) is 11.8. The molecule has 0 saturated heterocycles. The van der Waals surface area contributed by atoms with Gasteiger partial charge in [0.1, 0.15) is 0 Å². The van der Waals surface area contributed by atoms with Crippen LogP contribution in [0.25, 0.3) is 0 Å². The summed E-state index contributed by atoms with van der Waals surface area (Å²) in [6.45, 7) is 1.24. The van der Waals surface area contributed by atoms with E-state index in [2.05, 4.69) is 37.2 Å². The number of anilines is 1. The summed E-state index contributed by atoms with van der Waals surface area (Å²) in [5, 5.41) is 4.16. The molecule has 0 heterocycles. The lowest BCUT2D eigenvalue weighted by atomic mass is 10.1. The molecule has 1 N–H and O–H groups in total. The second kappa shape index (κ2) is 7.46. The van der Waals surface area contributed by atoms with Crippen molar-refractivity contribution >= 4 is 49.1 Å². The molecule has 0 aliphatic heterocycles. The fourth-order valence-electron chi connectivity index (χ4n) is 1.88. The van der Waals surface area contributed by atoms with Crippen LogP contribution < -0.4 is 5.32 Å². The highest BCUT2D eigenvalue weighted by Gasteiger charge is 2.07. The molecule has 0 atom stereocenters. The van der Waals surface area contributed by atoms with Gasteiger partial charge in [-0.2, -0.15) is 0 Å². The van der Waals surface area contributed by atoms with Gasteiger partial charge in [-0.25, -0.2) is 0 Å². The molecule has 2 rings (SSSR count). The number of hydrogen-bond donors (Lipinski definition) is 1. The number of benzene rings is 2. The fraction of sp³-hybridized carbons (Fsp3) is 0.200. The largest absolute Gasteiger partial charge is 0.381 e. The minimum absolute atomic E-state index is 0.556. The van der Waals surface area contributed by atoms with Crippen molar-refractivity contribution in [2.75, 3.05) is 12.4 Å². The van der Waals surface area contributed by atoms with Crippen LogP contribution in [0.1, 0.15) is 11.1 Å². The average Bonchev–Trinajstić information content (AvgIpc) is 2.43. The van der Waals surface area contributed by atoms with E-state index in [4.69, 9.17) is 16.3 Å². The molecule has 2 aromatic rings. The molecule has 5 heteroatoms. The van der Waals surface area contributed by atoms with Crippen molar-refractivity contribution in [1.29, 1.82) is 0 Å². The standard InChI is InChI=1S/C15H14Br2ClNO/c1-20-9-12-14(17)3-2-4-15(12)19-8-10-7-11(18)5-6-13(10)16/h2-7,19H,8-9H2,1H3. The zero-order chi connectivity index (χ0) is 14.5. The summed E-state index contributed by atoms with van der Waals surface area (Å²) in [5.41, 5.74) is 3.27. The van der Waals surface area contributed by atoms with Gasteiger partial charge in [0.2, 0.25) is 0 Å². The van der Waals surface area contributed by atoms with E-state index in [9.17, 15) is 0 Å². The van der Waals surface area contributed by atoms with Crippen molar-refractivity contribution in [3.8, 4) is 0 Å². The summed E-state index contributed by atoms with van der Waals surface area (Å²) in [5.74, 6) is 0. The molecular formula is C15H14Br2ClNO. The smallest absolute Gasteiger partial charge is 0.0744 e. The first kappa shape index (κ1) is 15.8. The Labute approximate surface area is 140 Å².